The Morgan fingerprint density at radius 1 is 1.18 bits per heavy atom. The minimum absolute atomic E-state index is 0.0649. The van der Waals surface area contributed by atoms with Gasteiger partial charge in [0.05, 0.1) is 12.7 Å². The number of nitrogens with zero attached hydrogens (tertiary/aromatic N) is 1. The Bertz CT molecular complexity index is 927. The topological polar surface area (TPSA) is 59.9 Å². The molecule has 3 rings (SSSR count). The van der Waals surface area contributed by atoms with Crippen molar-refractivity contribution < 1.29 is 23.0 Å². The summed E-state index contributed by atoms with van der Waals surface area (Å²) in [6.07, 6.45) is 0.442. The highest BCUT2D eigenvalue weighted by Crippen LogP contribution is 2.34. The third-order valence-electron chi connectivity index (χ3n) is 4.34. The van der Waals surface area contributed by atoms with Crippen LogP contribution in [0.1, 0.15) is 30.5 Å². The van der Waals surface area contributed by atoms with E-state index in [1.165, 1.54) is 13.2 Å². The van der Waals surface area contributed by atoms with Crippen molar-refractivity contribution in [1.82, 2.24) is 5.32 Å². The van der Waals surface area contributed by atoms with E-state index in [4.69, 9.17) is 9.47 Å². The van der Waals surface area contributed by atoms with Crippen LogP contribution in [0.5, 0.6) is 0 Å². The lowest BCUT2D eigenvalue weighted by molar-refractivity contribution is -0.140. The number of esters is 1. The highest BCUT2D eigenvalue weighted by Gasteiger charge is 2.33. The molecule has 0 saturated carbocycles. The van der Waals surface area contributed by atoms with Gasteiger partial charge in [0.15, 0.2) is 0 Å². The maximum Gasteiger partial charge on any atom is 0.338 e. The Morgan fingerprint density at radius 3 is 2.57 bits per heavy atom. The molecule has 1 aliphatic rings. The number of methoxy groups -OCH3 is 1. The highest BCUT2D eigenvalue weighted by atomic mass is 19.1. The van der Waals surface area contributed by atoms with Gasteiger partial charge in [0.25, 0.3) is 6.02 Å². The quantitative estimate of drug-likeness (QED) is 0.789. The number of allylic oxidation sites excluding steroid dienone is 1. The molecule has 0 fully saturated rings. The van der Waals surface area contributed by atoms with E-state index in [-0.39, 0.29) is 23.8 Å². The van der Waals surface area contributed by atoms with Gasteiger partial charge in [-0.1, -0.05) is 43.3 Å². The number of carbonyl (C=O) groups is 1. The second kappa shape index (κ2) is 8.65. The van der Waals surface area contributed by atoms with Crippen LogP contribution in [0.3, 0.4) is 0 Å². The zero-order chi connectivity index (χ0) is 20.1. The first kappa shape index (κ1) is 19.5. The predicted octanol–water partition coefficient (Wildman–Crippen LogP) is 4.02. The van der Waals surface area contributed by atoms with Crippen molar-refractivity contribution in [2.75, 3.05) is 7.11 Å². The number of amidine groups is 1. The first-order valence-corrected chi connectivity index (χ1v) is 8.81. The van der Waals surface area contributed by atoms with E-state index in [0.29, 0.717) is 12.1 Å². The van der Waals surface area contributed by atoms with Crippen molar-refractivity contribution in [2.24, 2.45) is 4.99 Å². The molecular weight excluding hydrogens is 366 g/mol. The molecule has 146 valence electrons. The average molecular weight is 386 g/mol. The Hall–Kier alpha value is -3.22. The van der Waals surface area contributed by atoms with Crippen LogP contribution >= 0.6 is 0 Å². The van der Waals surface area contributed by atoms with E-state index in [2.05, 4.69) is 10.3 Å². The number of carbonyl (C=O) groups excluding carboxylic acids is 1. The third-order valence-corrected chi connectivity index (χ3v) is 4.34. The Labute approximate surface area is 161 Å². The lowest BCUT2D eigenvalue weighted by Gasteiger charge is -2.26. The molecule has 1 aliphatic heterocycles. The number of hydrogen-bond donors (Lipinski definition) is 1. The Kier molecular flexibility index (Phi) is 6.03. The maximum absolute atomic E-state index is 14.4. The minimum atomic E-state index is -1.00. The summed E-state index contributed by atoms with van der Waals surface area (Å²) in [5, 5.41) is 2.92. The molecule has 1 heterocycles. The Balaban J connectivity index is 1.95. The van der Waals surface area contributed by atoms with E-state index in [1.807, 2.05) is 37.3 Å². The summed E-state index contributed by atoms with van der Waals surface area (Å²) in [6, 6.07) is 11.5. The fourth-order valence-electron chi connectivity index (χ4n) is 2.94. The number of ether oxygens (including phenoxy) is 2. The van der Waals surface area contributed by atoms with Crippen molar-refractivity contribution in [1.29, 1.82) is 0 Å². The third kappa shape index (κ3) is 4.19. The number of rotatable bonds is 5. The fourth-order valence-corrected chi connectivity index (χ4v) is 2.94. The van der Waals surface area contributed by atoms with Crippen molar-refractivity contribution in [3.05, 3.63) is 82.6 Å². The summed E-state index contributed by atoms with van der Waals surface area (Å²) in [6.45, 7) is 1.91. The molecule has 5 nitrogen and oxygen atoms in total. The molecular formula is C21H20F2N2O3. The number of hydrogen-bond acceptors (Lipinski definition) is 5. The molecule has 0 amide bonds. The molecule has 0 aliphatic carbocycles. The van der Waals surface area contributed by atoms with Gasteiger partial charge in [-0.15, -0.1) is 0 Å². The first-order valence-electron chi connectivity index (χ1n) is 8.81. The van der Waals surface area contributed by atoms with Crippen molar-refractivity contribution >= 4 is 12.0 Å². The van der Waals surface area contributed by atoms with Crippen LogP contribution < -0.4 is 5.32 Å². The zero-order valence-corrected chi connectivity index (χ0v) is 15.5. The number of halogens is 2. The Morgan fingerprint density at radius 2 is 1.93 bits per heavy atom. The molecule has 2 aromatic carbocycles. The fraction of sp³-hybridized carbons (Fsp3) is 0.238. The highest BCUT2D eigenvalue weighted by molar-refractivity contribution is 5.94. The molecule has 0 spiro atoms. The molecule has 1 N–H and O–H groups in total. The maximum atomic E-state index is 14.4. The summed E-state index contributed by atoms with van der Waals surface area (Å²) in [7, 11) is 1.41. The molecule has 0 bridgehead atoms. The van der Waals surface area contributed by atoms with Gasteiger partial charge in [-0.05, 0) is 18.1 Å². The average Bonchev–Trinajstić information content (AvgIpc) is 2.71. The van der Waals surface area contributed by atoms with E-state index in [0.717, 1.165) is 17.7 Å². The van der Waals surface area contributed by atoms with Crippen LogP contribution in [0, 0.1) is 11.6 Å². The summed E-state index contributed by atoms with van der Waals surface area (Å²) < 4.78 is 38.4. The lowest BCUT2D eigenvalue weighted by atomic mass is 9.95. The van der Waals surface area contributed by atoms with E-state index in [9.17, 15) is 13.6 Å². The summed E-state index contributed by atoms with van der Waals surface area (Å²) in [5.74, 6) is -2.13. The molecule has 0 radical (unpaired) electrons. The number of nitrogens with one attached hydrogen (secondary N) is 1. The zero-order valence-electron chi connectivity index (χ0n) is 15.5. The van der Waals surface area contributed by atoms with Crippen LogP contribution in [0.15, 0.2) is 64.8 Å². The number of benzene rings is 2. The van der Waals surface area contributed by atoms with E-state index < -0.39 is 23.6 Å². The van der Waals surface area contributed by atoms with Crippen LogP contribution in [-0.4, -0.2) is 19.1 Å². The predicted molar refractivity (Wildman–Crippen MR) is 100 cm³/mol. The molecule has 2 aromatic rings. The first-order chi connectivity index (χ1) is 13.5. The van der Waals surface area contributed by atoms with Crippen LogP contribution in [0.4, 0.5) is 8.78 Å². The lowest BCUT2D eigenvalue weighted by Crippen LogP contribution is -2.34. The van der Waals surface area contributed by atoms with Gasteiger partial charge >= 0.3 is 5.97 Å². The van der Waals surface area contributed by atoms with Gasteiger partial charge < -0.3 is 14.8 Å². The molecule has 0 aromatic heterocycles. The standard InChI is InChI=1S/C21H20F2N2O3/c1-3-17-18(20(26)28-12-13-7-5-4-6-8-13)19(25-21(24-17)27-2)15-10-9-14(22)11-16(15)23/h4-11,19H,3,12H2,1-2H3,(H,24,25). The molecule has 0 saturated heterocycles. The van der Waals surface area contributed by atoms with Gasteiger partial charge in [-0.25, -0.2) is 18.6 Å². The van der Waals surface area contributed by atoms with Gasteiger partial charge in [-0.2, -0.15) is 0 Å². The second-order valence-electron chi connectivity index (χ2n) is 6.14. The van der Waals surface area contributed by atoms with Crippen LogP contribution in [0.2, 0.25) is 0 Å². The monoisotopic (exact) mass is 386 g/mol. The summed E-state index contributed by atoms with van der Waals surface area (Å²) in [4.78, 5) is 17.1. The molecule has 7 heteroatoms. The van der Waals surface area contributed by atoms with E-state index >= 15 is 0 Å². The summed E-state index contributed by atoms with van der Waals surface area (Å²) >= 11 is 0. The smallest absolute Gasteiger partial charge is 0.338 e. The van der Waals surface area contributed by atoms with Crippen LogP contribution in [-0.2, 0) is 20.9 Å². The van der Waals surface area contributed by atoms with Gasteiger partial charge in [-0.3, -0.25) is 0 Å². The number of aliphatic imine (C=N–C) groups is 1. The van der Waals surface area contributed by atoms with Gasteiger partial charge in [0.1, 0.15) is 24.3 Å². The minimum Gasteiger partial charge on any atom is -0.468 e. The summed E-state index contributed by atoms with van der Waals surface area (Å²) in [5.41, 5.74) is 1.57. The SMILES string of the molecule is CCC1=C(C(=O)OCc2ccccc2)C(c2ccc(F)cc2F)N=C(OC)N1. The van der Waals surface area contributed by atoms with Crippen molar-refractivity contribution in [3.63, 3.8) is 0 Å². The van der Waals surface area contributed by atoms with Crippen molar-refractivity contribution in [2.45, 2.75) is 26.0 Å². The second-order valence-corrected chi connectivity index (χ2v) is 6.14. The molecule has 1 unspecified atom stereocenters. The molecule has 28 heavy (non-hydrogen) atoms. The largest absolute Gasteiger partial charge is 0.468 e. The van der Waals surface area contributed by atoms with E-state index in [1.54, 1.807) is 0 Å². The van der Waals surface area contributed by atoms with Gasteiger partial charge in [0.2, 0.25) is 0 Å². The molecule has 1 atom stereocenters. The van der Waals surface area contributed by atoms with Crippen molar-refractivity contribution in [3.8, 4) is 0 Å². The van der Waals surface area contributed by atoms with Gasteiger partial charge in [0, 0.05) is 17.3 Å². The normalized spacial score (nSPS) is 16.3. The van der Waals surface area contributed by atoms with Crippen LogP contribution in [0.25, 0.3) is 0 Å².